The Balaban J connectivity index is 2.17. The number of hydrogen-bond acceptors (Lipinski definition) is 1. The summed E-state index contributed by atoms with van der Waals surface area (Å²) in [6, 6.07) is 10.2. The third-order valence-electron chi connectivity index (χ3n) is 1.57. The Morgan fingerprint density at radius 2 is 2.00 bits per heavy atom. The summed E-state index contributed by atoms with van der Waals surface area (Å²) in [4.78, 5) is 10.2. The van der Waals surface area contributed by atoms with Crippen molar-refractivity contribution in [2.45, 2.75) is 17.1 Å². The van der Waals surface area contributed by atoms with E-state index in [1.807, 2.05) is 18.2 Å². The van der Waals surface area contributed by atoms with Gasteiger partial charge >= 0.3 is 83.8 Å². The monoisotopic (exact) mass is 244 g/mol. The van der Waals surface area contributed by atoms with E-state index < -0.39 is 5.97 Å². The van der Waals surface area contributed by atoms with Crippen LogP contribution in [0.3, 0.4) is 0 Å². The number of carboxylic acid groups (broad SMARTS) is 1. The molecule has 0 atom stereocenters. The van der Waals surface area contributed by atoms with Gasteiger partial charge in [0.05, 0.1) is 0 Å². The molecule has 1 aromatic carbocycles. The number of carboxylic acids is 1. The van der Waals surface area contributed by atoms with Crippen molar-refractivity contribution in [1.29, 1.82) is 0 Å². The molecule has 0 aliphatic heterocycles. The Kier molecular flexibility index (Phi) is 4.58. The molecule has 0 unspecified atom stereocenters. The van der Waals surface area contributed by atoms with Crippen LogP contribution < -0.4 is 0 Å². The normalized spacial score (nSPS) is 9.85. The van der Waals surface area contributed by atoms with E-state index in [9.17, 15) is 4.79 Å². The van der Waals surface area contributed by atoms with Crippen molar-refractivity contribution < 1.29 is 9.90 Å². The van der Waals surface area contributed by atoms with E-state index in [0.717, 1.165) is 10.6 Å². The van der Waals surface area contributed by atoms with Gasteiger partial charge in [0.1, 0.15) is 0 Å². The fourth-order valence-electron chi connectivity index (χ4n) is 0.924. The second-order valence-corrected chi connectivity index (χ2v) is 5.00. The first-order valence-electron chi connectivity index (χ1n) is 4.12. The molecule has 70 valence electrons. The topological polar surface area (TPSA) is 37.3 Å². The van der Waals surface area contributed by atoms with Gasteiger partial charge in [-0.3, -0.25) is 0 Å². The van der Waals surface area contributed by atoms with Crippen LogP contribution in [0.15, 0.2) is 30.3 Å². The summed E-state index contributed by atoms with van der Waals surface area (Å²) in [5.41, 5.74) is 1.31. The van der Waals surface area contributed by atoms with Crippen molar-refractivity contribution in [2.75, 3.05) is 0 Å². The van der Waals surface area contributed by atoms with Crippen molar-refractivity contribution in [3.8, 4) is 0 Å². The van der Waals surface area contributed by atoms with Crippen LogP contribution in [-0.2, 0) is 10.1 Å². The molecule has 0 fully saturated rings. The molecule has 1 N–H and O–H groups in total. The minimum atomic E-state index is -0.685. The Bertz CT molecular complexity index is 259. The first kappa shape index (κ1) is 10.3. The molecule has 0 saturated carbocycles. The van der Waals surface area contributed by atoms with Crippen molar-refractivity contribution in [2.24, 2.45) is 0 Å². The molecule has 0 aliphatic carbocycles. The Morgan fingerprint density at radius 1 is 1.31 bits per heavy atom. The Labute approximate surface area is 84.1 Å². The zero-order valence-corrected chi connectivity index (χ0v) is 8.98. The van der Waals surface area contributed by atoms with Crippen LogP contribution in [0.5, 0.6) is 0 Å². The number of carbonyl (C=O) groups is 1. The summed E-state index contributed by atoms with van der Waals surface area (Å²) in [6.45, 7) is 0. The van der Waals surface area contributed by atoms with Crippen LogP contribution in [0, 0.1) is 0 Å². The van der Waals surface area contributed by atoms with Gasteiger partial charge in [0.15, 0.2) is 0 Å². The molecule has 1 aromatic rings. The summed E-state index contributed by atoms with van der Waals surface area (Å²) in [5.74, 6) is -0.685. The summed E-state index contributed by atoms with van der Waals surface area (Å²) in [7, 11) is 0. The SMILES string of the molecule is O=C(O)CC[Se]Cc1ccccc1. The summed E-state index contributed by atoms with van der Waals surface area (Å²) >= 11 is 0.430. The number of aliphatic carboxylic acids is 1. The predicted molar refractivity (Wildman–Crippen MR) is 53.0 cm³/mol. The summed E-state index contributed by atoms with van der Waals surface area (Å²) in [6.07, 6.45) is 0.312. The average Bonchev–Trinajstić information content (AvgIpc) is 2.14. The van der Waals surface area contributed by atoms with Gasteiger partial charge in [0, 0.05) is 0 Å². The maximum absolute atomic E-state index is 10.2. The Morgan fingerprint density at radius 3 is 2.62 bits per heavy atom. The molecule has 2 nitrogen and oxygen atoms in total. The molecule has 13 heavy (non-hydrogen) atoms. The fraction of sp³-hybridized carbons (Fsp3) is 0.300. The average molecular weight is 243 g/mol. The van der Waals surface area contributed by atoms with Gasteiger partial charge < -0.3 is 0 Å². The molecular formula is C10H12O2Se. The first-order chi connectivity index (χ1) is 6.29. The third kappa shape index (κ3) is 4.71. The molecule has 3 heteroatoms. The summed E-state index contributed by atoms with van der Waals surface area (Å²) < 4.78 is 0. The predicted octanol–water partition coefficient (Wildman–Crippen LogP) is 1.78. The van der Waals surface area contributed by atoms with E-state index in [2.05, 4.69) is 12.1 Å². The van der Waals surface area contributed by atoms with Crippen LogP contribution in [0.1, 0.15) is 12.0 Å². The Hall–Kier alpha value is -0.791. The van der Waals surface area contributed by atoms with Crippen molar-refractivity contribution in [3.05, 3.63) is 35.9 Å². The van der Waals surface area contributed by atoms with Crippen LogP contribution in [0.2, 0.25) is 5.32 Å². The second-order valence-electron chi connectivity index (χ2n) is 2.68. The molecule has 0 bridgehead atoms. The second kappa shape index (κ2) is 5.79. The van der Waals surface area contributed by atoms with Gasteiger partial charge in [-0.15, -0.1) is 0 Å². The molecule has 0 aliphatic rings. The van der Waals surface area contributed by atoms with E-state index in [0.29, 0.717) is 21.4 Å². The van der Waals surface area contributed by atoms with Gasteiger partial charge in [0.2, 0.25) is 0 Å². The number of benzene rings is 1. The maximum atomic E-state index is 10.2. The van der Waals surface area contributed by atoms with Crippen LogP contribution in [-0.4, -0.2) is 26.0 Å². The van der Waals surface area contributed by atoms with Gasteiger partial charge in [-0.2, -0.15) is 0 Å². The minimum absolute atomic E-state index is 0.312. The van der Waals surface area contributed by atoms with Crippen LogP contribution in [0.25, 0.3) is 0 Å². The summed E-state index contributed by atoms with van der Waals surface area (Å²) in [5, 5.41) is 10.3. The van der Waals surface area contributed by atoms with Crippen LogP contribution >= 0.6 is 0 Å². The van der Waals surface area contributed by atoms with E-state index in [-0.39, 0.29) is 0 Å². The third-order valence-corrected chi connectivity index (χ3v) is 3.73. The molecule has 0 heterocycles. The van der Waals surface area contributed by atoms with E-state index in [1.165, 1.54) is 5.56 Å². The molecule has 0 spiro atoms. The van der Waals surface area contributed by atoms with Crippen molar-refractivity contribution in [1.82, 2.24) is 0 Å². The van der Waals surface area contributed by atoms with E-state index in [4.69, 9.17) is 5.11 Å². The van der Waals surface area contributed by atoms with Gasteiger partial charge in [0.25, 0.3) is 0 Å². The standard InChI is InChI=1S/C10H12O2Se/c11-10(12)6-7-13-8-9-4-2-1-3-5-9/h1-5H,6-8H2,(H,11,12). The first-order valence-corrected chi connectivity index (χ1v) is 6.55. The van der Waals surface area contributed by atoms with Crippen LogP contribution in [0.4, 0.5) is 0 Å². The van der Waals surface area contributed by atoms with Gasteiger partial charge in [-0.05, 0) is 0 Å². The quantitative estimate of drug-likeness (QED) is 0.632. The van der Waals surface area contributed by atoms with Gasteiger partial charge in [-0.25, -0.2) is 0 Å². The van der Waals surface area contributed by atoms with Crippen molar-refractivity contribution in [3.63, 3.8) is 0 Å². The molecule has 1 rings (SSSR count). The molecular weight excluding hydrogens is 231 g/mol. The fourth-order valence-corrected chi connectivity index (χ4v) is 2.79. The van der Waals surface area contributed by atoms with Gasteiger partial charge in [-0.1, -0.05) is 0 Å². The van der Waals surface area contributed by atoms with E-state index in [1.54, 1.807) is 0 Å². The molecule has 0 aromatic heterocycles. The number of hydrogen-bond donors (Lipinski definition) is 1. The van der Waals surface area contributed by atoms with E-state index >= 15 is 0 Å². The van der Waals surface area contributed by atoms with Crippen molar-refractivity contribution >= 4 is 20.9 Å². The molecule has 0 amide bonds. The zero-order valence-electron chi connectivity index (χ0n) is 7.27. The molecule has 0 saturated heterocycles. The molecule has 0 radical (unpaired) electrons. The number of rotatable bonds is 5. The zero-order chi connectivity index (χ0) is 9.52.